The van der Waals surface area contributed by atoms with Crippen molar-refractivity contribution >= 4 is 23.4 Å². The molecule has 0 aliphatic carbocycles. The van der Waals surface area contributed by atoms with E-state index in [0.717, 1.165) is 0 Å². The molecule has 0 spiro atoms. The van der Waals surface area contributed by atoms with E-state index in [0.29, 0.717) is 5.69 Å². The molecule has 3 N–H and O–H groups in total. The number of aromatic nitrogens is 2. The number of fused-ring (bicyclic) bond motifs is 1. The van der Waals surface area contributed by atoms with E-state index >= 15 is 0 Å². The highest BCUT2D eigenvalue weighted by Crippen LogP contribution is 2.31. The van der Waals surface area contributed by atoms with Gasteiger partial charge in [0, 0.05) is 0 Å². The number of carbonyl (C=O) groups is 1. The minimum atomic E-state index is -0.430. The lowest BCUT2D eigenvalue weighted by Crippen LogP contribution is -2.22. The highest BCUT2D eigenvalue weighted by Gasteiger charge is 2.32. The molecule has 1 amide bonds. The summed E-state index contributed by atoms with van der Waals surface area (Å²) >= 11 is 0. The summed E-state index contributed by atoms with van der Waals surface area (Å²) in [6.45, 7) is 0. The van der Waals surface area contributed by atoms with E-state index in [2.05, 4.69) is 9.97 Å². The number of carbonyl (C=O) groups excluding carboxylic acids is 1. The summed E-state index contributed by atoms with van der Waals surface area (Å²) in [4.78, 5) is 31.3. The van der Waals surface area contributed by atoms with Crippen LogP contribution in [0.3, 0.4) is 0 Å². The molecule has 0 saturated heterocycles. The summed E-state index contributed by atoms with van der Waals surface area (Å²) in [5, 5.41) is 0. The number of hydrogen-bond acceptors (Lipinski definition) is 4. The first-order chi connectivity index (χ1) is 9.06. The number of halogens is 1. The van der Waals surface area contributed by atoms with Gasteiger partial charge in [0.1, 0.15) is 5.82 Å². The lowest BCUT2D eigenvalue weighted by atomic mass is 10.3. The number of rotatable bonds is 1. The molecule has 0 atom stereocenters. The van der Waals surface area contributed by atoms with Crippen LogP contribution in [0.5, 0.6) is 0 Å². The molecule has 19 heavy (non-hydrogen) atoms. The molecular weight excluding hydrogens is 251 g/mol. The molecule has 3 rings (SSSR count). The number of hydrogen-bond donors (Lipinski definition) is 2. The maximum absolute atomic E-state index is 12.9. The third kappa shape index (κ3) is 1.75. The van der Waals surface area contributed by atoms with Crippen molar-refractivity contribution in [1.82, 2.24) is 9.97 Å². The first-order valence-electron chi connectivity index (χ1n) is 5.53. The van der Waals surface area contributed by atoms with E-state index < -0.39 is 11.4 Å². The third-order valence-corrected chi connectivity index (χ3v) is 2.89. The molecule has 1 aromatic heterocycles. The molecule has 6 nitrogen and oxygen atoms in total. The SMILES string of the molecule is Nc1nc2c(c(=O)[nH]1)CC(=O)N2c1ccc(F)cc1. The van der Waals surface area contributed by atoms with Crippen LogP contribution in [0.15, 0.2) is 29.1 Å². The van der Waals surface area contributed by atoms with Gasteiger partial charge in [0.05, 0.1) is 17.7 Å². The summed E-state index contributed by atoms with van der Waals surface area (Å²) in [5.41, 5.74) is 5.76. The van der Waals surface area contributed by atoms with Gasteiger partial charge in [-0.3, -0.25) is 19.5 Å². The van der Waals surface area contributed by atoms with Crippen LogP contribution in [-0.2, 0) is 11.2 Å². The topological polar surface area (TPSA) is 92.1 Å². The molecule has 0 unspecified atom stereocenters. The zero-order chi connectivity index (χ0) is 13.6. The predicted molar refractivity (Wildman–Crippen MR) is 66.5 cm³/mol. The zero-order valence-electron chi connectivity index (χ0n) is 9.68. The summed E-state index contributed by atoms with van der Waals surface area (Å²) < 4.78 is 12.9. The van der Waals surface area contributed by atoms with Gasteiger partial charge in [-0.05, 0) is 24.3 Å². The summed E-state index contributed by atoms with van der Waals surface area (Å²) in [5.74, 6) is -0.567. The van der Waals surface area contributed by atoms with E-state index in [4.69, 9.17) is 5.73 Å². The van der Waals surface area contributed by atoms with Crippen molar-refractivity contribution in [3.8, 4) is 0 Å². The molecule has 2 heterocycles. The van der Waals surface area contributed by atoms with E-state index in [9.17, 15) is 14.0 Å². The monoisotopic (exact) mass is 260 g/mol. The standard InChI is InChI=1S/C12H9FN4O2/c13-6-1-3-7(4-2-6)17-9(18)5-8-10(17)15-12(14)16-11(8)19/h1-4H,5H2,(H3,14,15,16,19). The lowest BCUT2D eigenvalue weighted by molar-refractivity contribution is -0.116. The third-order valence-electron chi connectivity index (χ3n) is 2.89. The number of benzene rings is 1. The number of H-pyrrole nitrogens is 1. The molecule has 1 aromatic carbocycles. The van der Waals surface area contributed by atoms with E-state index in [1.807, 2.05) is 0 Å². The number of nitrogens with one attached hydrogen (secondary N) is 1. The molecule has 7 heteroatoms. The fourth-order valence-electron chi connectivity index (χ4n) is 2.05. The normalized spacial score (nSPS) is 13.7. The van der Waals surface area contributed by atoms with Crippen molar-refractivity contribution in [2.75, 3.05) is 10.6 Å². The van der Waals surface area contributed by atoms with Gasteiger partial charge < -0.3 is 5.73 Å². The van der Waals surface area contributed by atoms with Crippen LogP contribution >= 0.6 is 0 Å². The van der Waals surface area contributed by atoms with Gasteiger partial charge >= 0.3 is 0 Å². The summed E-state index contributed by atoms with van der Waals surface area (Å²) in [7, 11) is 0. The van der Waals surface area contributed by atoms with Gasteiger partial charge in [-0.2, -0.15) is 4.98 Å². The van der Waals surface area contributed by atoms with Crippen LogP contribution in [0.25, 0.3) is 0 Å². The Bertz CT molecular complexity index is 723. The van der Waals surface area contributed by atoms with E-state index in [1.54, 1.807) is 0 Å². The van der Waals surface area contributed by atoms with Gasteiger partial charge in [-0.25, -0.2) is 4.39 Å². The smallest absolute Gasteiger partial charge is 0.258 e. The lowest BCUT2D eigenvalue weighted by Gasteiger charge is -2.16. The molecule has 0 saturated carbocycles. The van der Waals surface area contributed by atoms with Gasteiger partial charge in [0.2, 0.25) is 11.9 Å². The number of nitrogen functional groups attached to an aromatic ring is 1. The minimum Gasteiger partial charge on any atom is -0.369 e. The molecule has 2 aromatic rings. The van der Waals surface area contributed by atoms with Crippen LogP contribution in [0.2, 0.25) is 0 Å². The molecular formula is C12H9FN4O2. The Morgan fingerprint density at radius 3 is 2.63 bits per heavy atom. The average molecular weight is 260 g/mol. The average Bonchev–Trinajstić information content (AvgIpc) is 2.67. The Labute approximate surface area is 106 Å². The second-order valence-corrected chi connectivity index (χ2v) is 4.14. The highest BCUT2D eigenvalue weighted by molar-refractivity contribution is 6.06. The van der Waals surface area contributed by atoms with Crippen molar-refractivity contribution < 1.29 is 9.18 Å². The fraction of sp³-hybridized carbons (Fsp3) is 0.0833. The molecule has 1 aliphatic heterocycles. The van der Waals surface area contributed by atoms with Crippen molar-refractivity contribution in [2.45, 2.75) is 6.42 Å². The van der Waals surface area contributed by atoms with Gasteiger partial charge in [0.25, 0.3) is 5.56 Å². The van der Waals surface area contributed by atoms with Crippen LogP contribution in [0.1, 0.15) is 5.56 Å². The second kappa shape index (κ2) is 3.91. The van der Waals surface area contributed by atoms with E-state index in [1.165, 1.54) is 29.2 Å². The molecule has 0 radical (unpaired) electrons. The summed E-state index contributed by atoms with van der Waals surface area (Å²) in [6.07, 6.45) is -0.0463. The Morgan fingerprint density at radius 2 is 1.95 bits per heavy atom. The molecule has 0 bridgehead atoms. The number of amides is 1. The van der Waals surface area contributed by atoms with Gasteiger partial charge in [0.15, 0.2) is 5.82 Å². The number of nitrogens with two attached hydrogens (primary N) is 1. The zero-order valence-corrected chi connectivity index (χ0v) is 9.68. The minimum absolute atomic E-state index is 0.0463. The Hall–Kier alpha value is -2.70. The predicted octanol–water partition coefficient (Wildman–Crippen LogP) is 0.712. The van der Waals surface area contributed by atoms with Crippen LogP contribution in [0.4, 0.5) is 21.8 Å². The van der Waals surface area contributed by atoms with Crippen LogP contribution in [-0.4, -0.2) is 15.9 Å². The van der Waals surface area contributed by atoms with Crippen LogP contribution in [0, 0.1) is 5.82 Å². The largest absolute Gasteiger partial charge is 0.369 e. The maximum atomic E-state index is 12.9. The summed E-state index contributed by atoms with van der Waals surface area (Å²) in [6, 6.07) is 5.36. The number of anilines is 3. The van der Waals surface area contributed by atoms with E-state index in [-0.39, 0.29) is 29.7 Å². The van der Waals surface area contributed by atoms with Crippen molar-refractivity contribution in [3.63, 3.8) is 0 Å². The molecule has 1 aliphatic rings. The number of aromatic amines is 1. The second-order valence-electron chi connectivity index (χ2n) is 4.14. The van der Waals surface area contributed by atoms with Crippen molar-refractivity contribution in [2.24, 2.45) is 0 Å². The first-order valence-corrected chi connectivity index (χ1v) is 5.53. The van der Waals surface area contributed by atoms with Gasteiger partial charge in [-0.1, -0.05) is 0 Å². The molecule has 0 fully saturated rings. The molecule has 96 valence electrons. The number of nitrogens with zero attached hydrogens (tertiary/aromatic N) is 2. The van der Waals surface area contributed by atoms with Crippen molar-refractivity contribution in [3.05, 3.63) is 46.0 Å². The fourth-order valence-corrected chi connectivity index (χ4v) is 2.05. The Morgan fingerprint density at radius 1 is 1.26 bits per heavy atom. The first kappa shape index (κ1) is 11.4. The van der Waals surface area contributed by atoms with Gasteiger partial charge in [-0.15, -0.1) is 0 Å². The quantitative estimate of drug-likeness (QED) is 0.789. The van der Waals surface area contributed by atoms with Crippen molar-refractivity contribution in [1.29, 1.82) is 0 Å². The Kier molecular flexibility index (Phi) is 2.34. The van der Waals surface area contributed by atoms with Crippen LogP contribution < -0.4 is 16.2 Å². The maximum Gasteiger partial charge on any atom is 0.258 e. The Balaban J connectivity index is 2.17. The highest BCUT2D eigenvalue weighted by atomic mass is 19.1.